The van der Waals surface area contributed by atoms with Crippen molar-refractivity contribution < 1.29 is 22.0 Å². The van der Waals surface area contributed by atoms with Crippen LogP contribution in [0.5, 0.6) is 0 Å². The smallest absolute Gasteiger partial charge is 0.207 e. The Hall–Kier alpha value is -0.350. The Morgan fingerprint density at radius 3 is 1.86 bits per heavy atom. The fourth-order valence-corrected chi connectivity index (χ4v) is 2.09. The molecule has 0 amide bonds. The zero-order valence-electron chi connectivity index (χ0n) is 8.09. The fraction of sp³-hybridized carbons (Fsp3) is 1.00. The molecule has 0 aromatic heterocycles. The molecule has 0 spiro atoms. The van der Waals surface area contributed by atoms with Gasteiger partial charge in [-0.1, -0.05) is 20.3 Å². The highest BCUT2D eigenvalue weighted by molar-refractivity contribution is 5.05. The molecule has 0 aliphatic heterocycles. The van der Waals surface area contributed by atoms with E-state index in [1.54, 1.807) is 6.92 Å². The van der Waals surface area contributed by atoms with Crippen molar-refractivity contribution in [2.24, 2.45) is 11.3 Å². The molecule has 0 bridgehead atoms. The highest BCUT2D eigenvalue weighted by Crippen LogP contribution is 2.64. The van der Waals surface area contributed by atoms with Crippen molar-refractivity contribution in [1.82, 2.24) is 0 Å². The van der Waals surface area contributed by atoms with Crippen LogP contribution in [0.3, 0.4) is 0 Å². The molecule has 0 nitrogen and oxygen atoms in total. The van der Waals surface area contributed by atoms with Crippen LogP contribution in [0.25, 0.3) is 0 Å². The summed E-state index contributed by atoms with van der Waals surface area (Å²) in [6.45, 7) is 2.98. The summed E-state index contributed by atoms with van der Waals surface area (Å²) < 4.78 is 62.9. The lowest BCUT2D eigenvalue weighted by molar-refractivity contribution is -0.326. The van der Waals surface area contributed by atoms with Gasteiger partial charge < -0.3 is 0 Å². The van der Waals surface area contributed by atoms with E-state index in [1.165, 1.54) is 6.92 Å². The summed E-state index contributed by atoms with van der Waals surface area (Å²) in [6.07, 6.45) is -6.32. The second-order valence-electron chi connectivity index (χ2n) is 4.17. The van der Waals surface area contributed by atoms with E-state index < -0.39 is 36.3 Å². The van der Waals surface area contributed by atoms with Crippen LogP contribution < -0.4 is 0 Å². The lowest BCUT2D eigenvalue weighted by Crippen LogP contribution is -2.58. The first-order valence-corrected chi connectivity index (χ1v) is 4.59. The van der Waals surface area contributed by atoms with E-state index >= 15 is 0 Å². The second-order valence-corrected chi connectivity index (χ2v) is 4.17. The summed E-state index contributed by atoms with van der Waals surface area (Å²) in [7, 11) is 0. The van der Waals surface area contributed by atoms with Crippen molar-refractivity contribution in [3.8, 4) is 0 Å². The average Bonchev–Trinajstić information content (AvgIpc) is 1.95. The van der Waals surface area contributed by atoms with Crippen molar-refractivity contribution in [2.75, 3.05) is 0 Å². The van der Waals surface area contributed by atoms with Gasteiger partial charge in [0.1, 0.15) is 0 Å². The van der Waals surface area contributed by atoms with E-state index in [4.69, 9.17) is 0 Å². The lowest BCUT2D eigenvalue weighted by atomic mass is 9.58. The van der Waals surface area contributed by atoms with Gasteiger partial charge in [-0.2, -0.15) is 13.2 Å². The molecule has 1 aliphatic carbocycles. The van der Waals surface area contributed by atoms with Crippen LogP contribution in [0.4, 0.5) is 22.0 Å². The van der Waals surface area contributed by atoms with Crippen LogP contribution in [-0.4, -0.2) is 12.1 Å². The Bertz CT molecular complexity index is 210. The standard InChI is InChI=1S/C9H13F5/c1-3-6(2)7(9(12,13)14)4-8(10,11)5-7/h6H,3-5H2,1-2H3. The van der Waals surface area contributed by atoms with E-state index in [0.29, 0.717) is 0 Å². The zero-order chi connectivity index (χ0) is 11.2. The van der Waals surface area contributed by atoms with Gasteiger partial charge in [0.25, 0.3) is 0 Å². The molecule has 14 heavy (non-hydrogen) atoms. The maximum atomic E-state index is 12.6. The van der Waals surface area contributed by atoms with E-state index in [1.807, 2.05) is 0 Å². The molecule has 0 saturated heterocycles. The molecule has 1 unspecified atom stereocenters. The van der Waals surface area contributed by atoms with Gasteiger partial charge in [0.05, 0.1) is 5.41 Å². The van der Waals surface area contributed by atoms with Crippen molar-refractivity contribution in [1.29, 1.82) is 0 Å². The predicted molar refractivity (Wildman–Crippen MR) is 42.1 cm³/mol. The maximum Gasteiger partial charge on any atom is 0.395 e. The Labute approximate surface area is 79.5 Å². The van der Waals surface area contributed by atoms with Crippen LogP contribution in [0.2, 0.25) is 0 Å². The summed E-state index contributed by atoms with van der Waals surface area (Å²) in [4.78, 5) is 0. The Kier molecular flexibility index (Phi) is 2.57. The fourth-order valence-electron chi connectivity index (χ4n) is 2.09. The number of alkyl halides is 5. The molecule has 0 aromatic rings. The molecule has 0 heterocycles. The highest BCUT2D eigenvalue weighted by Gasteiger charge is 2.70. The van der Waals surface area contributed by atoms with Crippen LogP contribution in [-0.2, 0) is 0 Å². The van der Waals surface area contributed by atoms with E-state index in [0.717, 1.165) is 0 Å². The van der Waals surface area contributed by atoms with Crippen LogP contribution in [0.15, 0.2) is 0 Å². The number of rotatable bonds is 2. The predicted octanol–water partition coefficient (Wildman–Crippen LogP) is 4.01. The van der Waals surface area contributed by atoms with Gasteiger partial charge >= 0.3 is 6.18 Å². The van der Waals surface area contributed by atoms with Crippen molar-refractivity contribution >= 4 is 0 Å². The summed E-state index contributed by atoms with van der Waals surface area (Å²) in [5.74, 6) is -3.86. The Morgan fingerprint density at radius 2 is 1.64 bits per heavy atom. The molecule has 1 aliphatic rings. The molecule has 1 rings (SSSR count). The summed E-state index contributed by atoms with van der Waals surface area (Å²) in [5.41, 5.74) is -2.15. The molecule has 0 N–H and O–H groups in total. The first kappa shape index (κ1) is 11.7. The Morgan fingerprint density at radius 1 is 1.21 bits per heavy atom. The summed E-state index contributed by atoms with van der Waals surface area (Å²) >= 11 is 0. The normalized spacial score (nSPS) is 26.8. The molecule has 1 atom stereocenters. The first-order valence-electron chi connectivity index (χ1n) is 4.59. The molecular weight excluding hydrogens is 203 g/mol. The highest BCUT2D eigenvalue weighted by atomic mass is 19.4. The minimum absolute atomic E-state index is 0.273. The van der Waals surface area contributed by atoms with Crippen LogP contribution in [0.1, 0.15) is 33.1 Å². The number of hydrogen-bond acceptors (Lipinski definition) is 0. The third-order valence-corrected chi connectivity index (χ3v) is 3.27. The molecule has 0 aromatic carbocycles. The summed E-state index contributed by atoms with van der Waals surface area (Å²) in [6, 6.07) is 0. The zero-order valence-corrected chi connectivity index (χ0v) is 8.09. The summed E-state index contributed by atoms with van der Waals surface area (Å²) in [5, 5.41) is 0. The largest absolute Gasteiger partial charge is 0.395 e. The minimum atomic E-state index is -4.51. The quantitative estimate of drug-likeness (QED) is 0.612. The van der Waals surface area contributed by atoms with Crippen molar-refractivity contribution in [3.63, 3.8) is 0 Å². The topological polar surface area (TPSA) is 0 Å². The molecular formula is C9H13F5. The molecule has 0 radical (unpaired) electrons. The van der Waals surface area contributed by atoms with Crippen LogP contribution >= 0.6 is 0 Å². The number of halogens is 5. The molecule has 1 fully saturated rings. The van der Waals surface area contributed by atoms with Gasteiger partial charge in [-0.15, -0.1) is 0 Å². The van der Waals surface area contributed by atoms with E-state index in [9.17, 15) is 22.0 Å². The van der Waals surface area contributed by atoms with E-state index in [2.05, 4.69) is 0 Å². The van der Waals surface area contributed by atoms with Gasteiger partial charge in [-0.3, -0.25) is 0 Å². The monoisotopic (exact) mass is 216 g/mol. The Balaban J connectivity index is 2.86. The van der Waals surface area contributed by atoms with Crippen LogP contribution in [0, 0.1) is 11.3 Å². The van der Waals surface area contributed by atoms with Gasteiger partial charge in [-0.25, -0.2) is 8.78 Å². The molecule has 1 saturated carbocycles. The van der Waals surface area contributed by atoms with Gasteiger partial charge in [0, 0.05) is 12.8 Å². The lowest BCUT2D eigenvalue weighted by Gasteiger charge is -2.51. The maximum absolute atomic E-state index is 12.6. The third-order valence-electron chi connectivity index (χ3n) is 3.27. The minimum Gasteiger partial charge on any atom is -0.207 e. The second kappa shape index (κ2) is 3.07. The van der Waals surface area contributed by atoms with Crippen molar-refractivity contribution in [3.05, 3.63) is 0 Å². The molecule has 84 valence electrons. The van der Waals surface area contributed by atoms with Gasteiger partial charge in [0.15, 0.2) is 0 Å². The third kappa shape index (κ3) is 1.61. The molecule has 5 heteroatoms. The van der Waals surface area contributed by atoms with Gasteiger partial charge in [0.2, 0.25) is 5.92 Å². The van der Waals surface area contributed by atoms with Crippen molar-refractivity contribution in [2.45, 2.75) is 45.2 Å². The number of hydrogen-bond donors (Lipinski definition) is 0. The van der Waals surface area contributed by atoms with Gasteiger partial charge in [-0.05, 0) is 5.92 Å². The SMILES string of the molecule is CCC(C)C1(C(F)(F)F)CC(F)(F)C1. The van der Waals surface area contributed by atoms with E-state index in [-0.39, 0.29) is 6.42 Å². The average molecular weight is 216 g/mol. The first-order chi connectivity index (χ1) is 6.15.